The Morgan fingerprint density at radius 3 is 2.38 bits per heavy atom. The van der Waals surface area contributed by atoms with Crippen molar-refractivity contribution in [1.82, 2.24) is 14.5 Å². The Labute approximate surface area is 173 Å². The summed E-state index contributed by atoms with van der Waals surface area (Å²) in [4.78, 5) is 10.2. The molecule has 7 aromatic rings. The van der Waals surface area contributed by atoms with Gasteiger partial charge in [-0.2, -0.15) is 0 Å². The molecule has 0 saturated heterocycles. The van der Waals surface area contributed by atoms with Gasteiger partial charge in [0.1, 0.15) is 16.7 Å². The van der Waals surface area contributed by atoms with Crippen LogP contribution in [-0.2, 0) is 0 Å². The predicted octanol–water partition coefficient (Wildman–Crippen LogP) is 7.16. The average Bonchev–Trinajstić information content (AvgIpc) is 3.41. The molecule has 0 saturated carbocycles. The van der Waals surface area contributed by atoms with E-state index in [0.717, 1.165) is 16.7 Å². The maximum Gasteiger partial charge on any atom is 0.116 e. The van der Waals surface area contributed by atoms with Crippen molar-refractivity contribution in [2.75, 3.05) is 0 Å². The lowest BCUT2D eigenvalue weighted by molar-refractivity contribution is 1.15. The van der Waals surface area contributed by atoms with Gasteiger partial charge >= 0.3 is 0 Å². The summed E-state index contributed by atoms with van der Waals surface area (Å²) in [6.45, 7) is 0. The van der Waals surface area contributed by atoms with Crippen LogP contribution in [0.4, 0.5) is 0 Å². The summed E-state index contributed by atoms with van der Waals surface area (Å²) in [6, 6.07) is 24.0. The fourth-order valence-electron chi connectivity index (χ4n) is 4.32. The van der Waals surface area contributed by atoms with Crippen LogP contribution in [0.15, 0.2) is 79.3 Å². The third-order valence-corrected chi connectivity index (χ3v) is 7.88. The van der Waals surface area contributed by atoms with Crippen molar-refractivity contribution in [3.63, 3.8) is 0 Å². The average molecular weight is 408 g/mol. The second kappa shape index (κ2) is 5.63. The predicted molar refractivity (Wildman–Crippen MR) is 125 cm³/mol. The Morgan fingerprint density at radius 2 is 1.48 bits per heavy atom. The summed E-state index contributed by atoms with van der Waals surface area (Å²) < 4.78 is 6.25. The van der Waals surface area contributed by atoms with E-state index in [2.05, 4.69) is 81.3 Å². The lowest BCUT2D eigenvalue weighted by Gasteiger charge is -2.06. The molecule has 4 aromatic heterocycles. The minimum Gasteiger partial charge on any atom is -0.298 e. The van der Waals surface area contributed by atoms with Gasteiger partial charge in [-0.1, -0.05) is 36.4 Å². The highest BCUT2D eigenvalue weighted by Gasteiger charge is 2.19. The zero-order valence-corrected chi connectivity index (χ0v) is 16.8. The van der Waals surface area contributed by atoms with Gasteiger partial charge in [-0.05, 0) is 30.3 Å². The van der Waals surface area contributed by atoms with E-state index in [-0.39, 0.29) is 0 Å². The van der Waals surface area contributed by atoms with Crippen LogP contribution in [0, 0.1) is 0 Å². The van der Waals surface area contributed by atoms with Gasteiger partial charge in [-0.25, -0.2) is 9.97 Å². The SMILES string of the molecule is c1ccc2c(c1)sc1ccc(-n3c4cncnc4c4c5ccccc5sc43)cc12. The van der Waals surface area contributed by atoms with Crippen molar-refractivity contribution in [2.45, 2.75) is 0 Å². The van der Waals surface area contributed by atoms with E-state index in [9.17, 15) is 0 Å². The van der Waals surface area contributed by atoms with E-state index in [0.29, 0.717) is 0 Å². The van der Waals surface area contributed by atoms with Gasteiger partial charge in [-0.3, -0.25) is 4.57 Å². The molecule has 4 heterocycles. The Bertz CT molecular complexity index is 1720. The van der Waals surface area contributed by atoms with E-state index in [1.807, 2.05) is 28.9 Å². The normalized spacial score (nSPS) is 12.1. The van der Waals surface area contributed by atoms with Crippen LogP contribution in [0.25, 0.3) is 57.2 Å². The highest BCUT2D eigenvalue weighted by atomic mass is 32.1. The zero-order valence-electron chi connectivity index (χ0n) is 15.2. The molecule has 0 aliphatic rings. The summed E-state index contributed by atoms with van der Waals surface area (Å²) in [5.41, 5.74) is 3.23. The fraction of sp³-hybridized carbons (Fsp3) is 0. The highest BCUT2D eigenvalue weighted by molar-refractivity contribution is 7.26. The molecule has 0 amide bonds. The Kier molecular flexibility index (Phi) is 3.03. The lowest BCUT2D eigenvalue weighted by Crippen LogP contribution is -1.93. The van der Waals surface area contributed by atoms with Crippen LogP contribution in [0.3, 0.4) is 0 Å². The maximum atomic E-state index is 4.66. The molecular weight excluding hydrogens is 394 g/mol. The first-order chi connectivity index (χ1) is 14.4. The van der Waals surface area contributed by atoms with Crippen molar-refractivity contribution < 1.29 is 0 Å². The van der Waals surface area contributed by atoms with Crippen molar-refractivity contribution in [3.05, 3.63) is 79.3 Å². The third-order valence-electron chi connectivity index (χ3n) is 5.57. The van der Waals surface area contributed by atoms with Gasteiger partial charge < -0.3 is 0 Å². The van der Waals surface area contributed by atoms with Crippen LogP contribution in [-0.4, -0.2) is 14.5 Å². The first kappa shape index (κ1) is 15.6. The van der Waals surface area contributed by atoms with Gasteiger partial charge in [0.05, 0.1) is 11.7 Å². The summed E-state index contributed by atoms with van der Waals surface area (Å²) in [5.74, 6) is 0. The number of nitrogens with zero attached hydrogens (tertiary/aromatic N) is 3. The standard InChI is InChI=1S/C24H13N3S2/c1-3-7-19-15(5-1)17-11-14(9-10-21(17)28-19)27-18-12-25-13-26-23(18)22-16-6-2-4-8-20(16)29-24(22)27/h1-13H. The Morgan fingerprint density at radius 1 is 0.724 bits per heavy atom. The maximum absolute atomic E-state index is 4.66. The number of hydrogen-bond acceptors (Lipinski definition) is 4. The molecule has 3 aromatic carbocycles. The molecule has 0 unspecified atom stereocenters. The lowest BCUT2D eigenvalue weighted by atomic mass is 10.1. The summed E-state index contributed by atoms with van der Waals surface area (Å²) >= 11 is 3.67. The molecule has 7 rings (SSSR count). The molecule has 136 valence electrons. The van der Waals surface area contributed by atoms with E-state index >= 15 is 0 Å². The largest absolute Gasteiger partial charge is 0.298 e. The summed E-state index contributed by atoms with van der Waals surface area (Å²) in [7, 11) is 0. The van der Waals surface area contributed by atoms with Crippen LogP contribution < -0.4 is 0 Å². The molecule has 0 radical (unpaired) electrons. The molecule has 0 bridgehead atoms. The second-order valence-electron chi connectivity index (χ2n) is 7.15. The smallest absolute Gasteiger partial charge is 0.116 e. The van der Waals surface area contributed by atoms with Gasteiger partial charge in [0.2, 0.25) is 0 Å². The molecule has 0 aliphatic carbocycles. The molecule has 5 heteroatoms. The van der Waals surface area contributed by atoms with Gasteiger partial charge in [0.15, 0.2) is 0 Å². The zero-order chi connectivity index (χ0) is 18.9. The Hall–Kier alpha value is -3.28. The van der Waals surface area contributed by atoms with Crippen molar-refractivity contribution >= 4 is 74.2 Å². The van der Waals surface area contributed by atoms with Crippen LogP contribution in [0.1, 0.15) is 0 Å². The first-order valence-corrected chi connectivity index (χ1v) is 11.0. The third kappa shape index (κ3) is 2.06. The van der Waals surface area contributed by atoms with Crippen LogP contribution >= 0.6 is 22.7 Å². The van der Waals surface area contributed by atoms with Crippen molar-refractivity contribution in [1.29, 1.82) is 0 Å². The number of benzene rings is 3. The molecule has 29 heavy (non-hydrogen) atoms. The van der Waals surface area contributed by atoms with Crippen LogP contribution in [0.2, 0.25) is 0 Å². The monoisotopic (exact) mass is 407 g/mol. The molecular formula is C24H13N3S2. The molecule has 3 nitrogen and oxygen atoms in total. The minimum absolute atomic E-state index is 1.02. The Balaban J connectivity index is 1.65. The molecule has 0 atom stereocenters. The number of fused-ring (bicyclic) bond motifs is 8. The van der Waals surface area contributed by atoms with E-state index < -0.39 is 0 Å². The molecule has 0 spiro atoms. The number of thiophene rings is 2. The highest BCUT2D eigenvalue weighted by Crippen LogP contribution is 2.42. The van der Waals surface area contributed by atoms with E-state index in [4.69, 9.17) is 0 Å². The quantitative estimate of drug-likeness (QED) is 0.289. The summed E-state index contributed by atoms with van der Waals surface area (Å²) in [6.07, 6.45) is 3.58. The van der Waals surface area contributed by atoms with E-state index in [1.165, 1.54) is 40.5 Å². The molecule has 0 aliphatic heterocycles. The van der Waals surface area contributed by atoms with Gasteiger partial charge in [0.25, 0.3) is 0 Å². The topological polar surface area (TPSA) is 30.7 Å². The number of aromatic nitrogens is 3. The molecule has 0 N–H and O–H groups in total. The van der Waals surface area contributed by atoms with Gasteiger partial charge in [-0.15, -0.1) is 22.7 Å². The number of hydrogen-bond donors (Lipinski definition) is 0. The van der Waals surface area contributed by atoms with Crippen molar-refractivity contribution in [2.24, 2.45) is 0 Å². The fourth-order valence-corrected chi connectivity index (χ4v) is 6.64. The first-order valence-electron chi connectivity index (χ1n) is 9.42. The van der Waals surface area contributed by atoms with Crippen LogP contribution in [0.5, 0.6) is 0 Å². The minimum atomic E-state index is 1.02. The van der Waals surface area contributed by atoms with Gasteiger partial charge in [0, 0.05) is 41.3 Å². The molecule has 0 fully saturated rings. The van der Waals surface area contributed by atoms with E-state index in [1.54, 1.807) is 6.33 Å². The van der Waals surface area contributed by atoms with Crippen molar-refractivity contribution in [3.8, 4) is 5.69 Å². The summed E-state index contributed by atoms with van der Waals surface area (Å²) in [5, 5.41) is 5.10. The second-order valence-corrected chi connectivity index (χ2v) is 9.26. The number of rotatable bonds is 1.